The molecule has 0 radical (unpaired) electrons. The van der Waals surface area contributed by atoms with Crippen LogP contribution in [0.5, 0.6) is 0 Å². The molecule has 21 heavy (non-hydrogen) atoms. The summed E-state index contributed by atoms with van der Waals surface area (Å²) in [6.45, 7) is 8.96. The van der Waals surface area contributed by atoms with Crippen molar-refractivity contribution in [1.29, 1.82) is 0 Å². The minimum absolute atomic E-state index is 0.0317. The lowest BCUT2D eigenvalue weighted by atomic mass is 9.98. The molecule has 0 aromatic carbocycles. The van der Waals surface area contributed by atoms with Gasteiger partial charge in [-0.3, -0.25) is 0 Å². The van der Waals surface area contributed by atoms with Crippen LogP contribution >= 0.6 is 0 Å². The fraction of sp³-hybridized carbons (Fsp3) is 1.00. The van der Waals surface area contributed by atoms with E-state index in [1.54, 1.807) is 8.61 Å². The fourth-order valence-electron chi connectivity index (χ4n) is 2.97. The number of piperidine rings is 1. The van der Waals surface area contributed by atoms with Crippen LogP contribution in [0.4, 0.5) is 0 Å². The second kappa shape index (κ2) is 7.40. The lowest BCUT2D eigenvalue weighted by molar-refractivity contribution is 0.240. The van der Waals surface area contributed by atoms with Gasteiger partial charge in [-0.2, -0.15) is 17.0 Å². The standard InChI is InChI=1S/C15H31N3O2S/c1-4-9-18(13(2)3)21(19,20)17-10-7-14(8-11-17)12-16-15-5-6-15/h13-16H,4-12H2,1-3H3. The Bertz CT molecular complexity index is 413. The van der Waals surface area contributed by atoms with E-state index in [-0.39, 0.29) is 6.04 Å². The third-order valence-corrected chi connectivity index (χ3v) is 6.70. The molecule has 1 saturated heterocycles. The Labute approximate surface area is 130 Å². The molecule has 1 aliphatic carbocycles. The van der Waals surface area contributed by atoms with Crippen LogP contribution in [0.25, 0.3) is 0 Å². The van der Waals surface area contributed by atoms with Gasteiger partial charge in [-0.1, -0.05) is 6.92 Å². The fourth-order valence-corrected chi connectivity index (χ4v) is 4.89. The zero-order valence-corrected chi connectivity index (χ0v) is 14.5. The second-order valence-electron chi connectivity index (χ2n) is 6.74. The molecule has 0 amide bonds. The Morgan fingerprint density at radius 2 is 1.81 bits per heavy atom. The molecule has 2 fully saturated rings. The topological polar surface area (TPSA) is 52.7 Å². The van der Waals surface area contributed by atoms with Gasteiger partial charge in [-0.25, -0.2) is 0 Å². The molecule has 6 heteroatoms. The molecule has 0 atom stereocenters. The maximum atomic E-state index is 12.7. The number of rotatable bonds is 8. The summed E-state index contributed by atoms with van der Waals surface area (Å²) in [5.74, 6) is 0.635. The maximum Gasteiger partial charge on any atom is 0.282 e. The van der Waals surface area contributed by atoms with Crippen LogP contribution < -0.4 is 5.32 Å². The van der Waals surface area contributed by atoms with Crippen LogP contribution in [0.3, 0.4) is 0 Å². The molecule has 1 saturated carbocycles. The van der Waals surface area contributed by atoms with E-state index in [9.17, 15) is 8.42 Å². The van der Waals surface area contributed by atoms with Gasteiger partial charge >= 0.3 is 0 Å². The lowest BCUT2D eigenvalue weighted by Crippen LogP contribution is -2.50. The van der Waals surface area contributed by atoms with Crippen LogP contribution in [0.1, 0.15) is 52.9 Å². The molecule has 0 aromatic heterocycles. The van der Waals surface area contributed by atoms with Gasteiger partial charge in [0.2, 0.25) is 0 Å². The van der Waals surface area contributed by atoms with Crippen LogP contribution in [-0.2, 0) is 10.2 Å². The van der Waals surface area contributed by atoms with Gasteiger partial charge in [0.1, 0.15) is 0 Å². The lowest BCUT2D eigenvalue weighted by Gasteiger charge is -2.36. The summed E-state index contributed by atoms with van der Waals surface area (Å²) in [4.78, 5) is 0. The summed E-state index contributed by atoms with van der Waals surface area (Å²) >= 11 is 0. The molecular weight excluding hydrogens is 286 g/mol. The third-order valence-electron chi connectivity index (χ3n) is 4.49. The van der Waals surface area contributed by atoms with E-state index in [0.717, 1.165) is 31.8 Å². The van der Waals surface area contributed by atoms with E-state index < -0.39 is 10.2 Å². The van der Waals surface area contributed by atoms with E-state index in [0.29, 0.717) is 25.6 Å². The first-order valence-electron chi connectivity index (χ1n) is 8.45. The zero-order valence-electron chi connectivity index (χ0n) is 13.7. The highest BCUT2D eigenvalue weighted by atomic mass is 32.2. The molecule has 0 bridgehead atoms. The van der Waals surface area contributed by atoms with Crippen molar-refractivity contribution in [3.8, 4) is 0 Å². The Balaban J connectivity index is 1.86. The van der Waals surface area contributed by atoms with Crippen molar-refractivity contribution >= 4 is 10.2 Å². The highest BCUT2D eigenvalue weighted by Gasteiger charge is 2.34. The van der Waals surface area contributed by atoms with Gasteiger partial charge in [0.15, 0.2) is 0 Å². The summed E-state index contributed by atoms with van der Waals surface area (Å²) in [6.07, 6.45) is 5.45. The highest BCUT2D eigenvalue weighted by molar-refractivity contribution is 7.86. The molecule has 0 aromatic rings. The predicted octanol–water partition coefficient (Wildman–Crippen LogP) is 1.82. The van der Waals surface area contributed by atoms with Gasteiger partial charge in [0.25, 0.3) is 10.2 Å². The Hall–Kier alpha value is -0.170. The maximum absolute atomic E-state index is 12.7. The summed E-state index contributed by atoms with van der Waals surface area (Å²) in [6, 6.07) is 0.775. The molecule has 0 spiro atoms. The molecule has 1 aliphatic heterocycles. The first kappa shape index (κ1) is 17.2. The summed E-state index contributed by atoms with van der Waals surface area (Å²) < 4.78 is 28.8. The Morgan fingerprint density at radius 3 is 2.29 bits per heavy atom. The van der Waals surface area contributed by atoms with E-state index in [1.807, 2.05) is 20.8 Å². The molecule has 2 aliphatic rings. The van der Waals surface area contributed by atoms with Crippen molar-refractivity contribution in [2.24, 2.45) is 5.92 Å². The van der Waals surface area contributed by atoms with Crippen LogP contribution in [0.2, 0.25) is 0 Å². The third kappa shape index (κ3) is 4.65. The van der Waals surface area contributed by atoms with Gasteiger partial charge in [0.05, 0.1) is 0 Å². The number of nitrogens with one attached hydrogen (secondary N) is 1. The van der Waals surface area contributed by atoms with Gasteiger partial charge in [0, 0.05) is 31.7 Å². The van der Waals surface area contributed by atoms with Crippen LogP contribution in [-0.4, -0.2) is 55.3 Å². The van der Waals surface area contributed by atoms with Gasteiger partial charge in [-0.05, 0) is 58.4 Å². The minimum atomic E-state index is -3.28. The van der Waals surface area contributed by atoms with Gasteiger partial charge in [-0.15, -0.1) is 0 Å². The number of hydrogen-bond donors (Lipinski definition) is 1. The summed E-state index contributed by atoms with van der Waals surface area (Å²) in [5, 5.41) is 3.56. The van der Waals surface area contributed by atoms with Crippen molar-refractivity contribution in [2.75, 3.05) is 26.2 Å². The average molecular weight is 317 g/mol. The van der Waals surface area contributed by atoms with Crippen LogP contribution in [0, 0.1) is 5.92 Å². The molecule has 1 heterocycles. The Kier molecular flexibility index (Phi) is 6.05. The minimum Gasteiger partial charge on any atom is -0.314 e. The van der Waals surface area contributed by atoms with E-state index in [1.165, 1.54) is 12.8 Å². The first-order chi connectivity index (χ1) is 9.95. The largest absolute Gasteiger partial charge is 0.314 e. The first-order valence-corrected chi connectivity index (χ1v) is 9.85. The average Bonchev–Trinajstić information content (AvgIpc) is 3.26. The molecule has 124 valence electrons. The van der Waals surface area contributed by atoms with Crippen molar-refractivity contribution in [3.05, 3.63) is 0 Å². The highest BCUT2D eigenvalue weighted by Crippen LogP contribution is 2.24. The smallest absolute Gasteiger partial charge is 0.282 e. The molecule has 5 nitrogen and oxygen atoms in total. The number of hydrogen-bond acceptors (Lipinski definition) is 3. The molecule has 2 rings (SSSR count). The van der Waals surface area contributed by atoms with E-state index in [2.05, 4.69) is 5.32 Å². The second-order valence-corrected chi connectivity index (χ2v) is 8.62. The van der Waals surface area contributed by atoms with Crippen molar-refractivity contribution in [1.82, 2.24) is 13.9 Å². The van der Waals surface area contributed by atoms with E-state index >= 15 is 0 Å². The zero-order chi connectivity index (χ0) is 15.5. The Morgan fingerprint density at radius 1 is 1.19 bits per heavy atom. The van der Waals surface area contributed by atoms with Crippen molar-refractivity contribution in [2.45, 2.75) is 65.0 Å². The molecule has 0 unspecified atom stereocenters. The molecular formula is C15H31N3O2S. The monoisotopic (exact) mass is 317 g/mol. The normalized spacial score (nSPS) is 22.3. The quantitative estimate of drug-likeness (QED) is 0.743. The predicted molar refractivity (Wildman–Crippen MR) is 86.4 cm³/mol. The van der Waals surface area contributed by atoms with Crippen LogP contribution in [0.15, 0.2) is 0 Å². The SMILES string of the molecule is CCCN(C(C)C)S(=O)(=O)N1CCC(CNC2CC2)CC1. The van der Waals surface area contributed by atoms with Crippen molar-refractivity contribution < 1.29 is 8.42 Å². The van der Waals surface area contributed by atoms with Crippen molar-refractivity contribution in [3.63, 3.8) is 0 Å². The molecule has 1 N–H and O–H groups in total. The van der Waals surface area contributed by atoms with E-state index in [4.69, 9.17) is 0 Å². The summed E-state index contributed by atoms with van der Waals surface area (Å²) in [5.41, 5.74) is 0. The number of nitrogens with zero attached hydrogens (tertiary/aromatic N) is 2. The summed E-state index contributed by atoms with van der Waals surface area (Å²) in [7, 11) is -3.28. The van der Waals surface area contributed by atoms with Gasteiger partial charge < -0.3 is 5.32 Å².